The second kappa shape index (κ2) is 7.39. The molecule has 0 bridgehead atoms. The van der Waals surface area contributed by atoms with Crippen LogP contribution in [0.5, 0.6) is 5.75 Å². The third kappa shape index (κ3) is 3.33. The molecule has 4 aromatic rings. The fourth-order valence-corrected chi connectivity index (χ4v) is 3.66. The highest BCUT2D eigenvalue weighted by atomic mass is 16.5. The second-order valence-electron chi connectivity index (χ2n) is 7.06. The van der Waals surface area contributed by atoms with Crippen LogP contribution in [0.4, 0.5) is 5.69 Å². The van der Waals surface area contributed by atoms with Gasteiger partial charge in [-0.3, -0.25) is 4.79 Å². The molecule has 28 heavy (non-hydrogen) atoms. The first-order valence-corrected chi connectivity index (χ1v) is 9.62. The maximum atomic E-state index is 12.6. The number of fused-ring (bicyclic) bond motifs is 3. The summed E-state index contributed by atoms with van der Waals surface area (Å²) in [6, 6.07) is 22.1. The Morgan fingerprint density at radius 3 is 2.57 bits per heavy atom. The first-order chi connectivity index (χ1) is 13.6. The molecule has 0 aliphatic carbocycles. The quantitative estimate of drug-likeness (QED) is 0.501. The van der Waals surface area contributed by atoms with E-state index in [9.17, 15) is 4.79 Å². The third-order valence-corrected chi connectivity index (χ3v) is 5.03. The number of nitrogens with one attached hydrogen (secondary N) is 1. The Balaban J connectivity index is 1.59. The number of carbonyl (C=O) groups is 1. The van der Waals surface area contributed by atoms with E-state index in [-0.39, 0.29) is 5.91 Å². The predicted octanol–water partition coefficient (Wildman–Crippen LogP) is 5.53. The van der Waals surface area contributed by atoms with Crippen LogP contribution in [-0.4, -0.2) is 16.6 Å². The average Bonchev–Trinajstić information content (AvgIpc) is 3.01. The number of aromatic nitrogens is 1. The SMILES string of the molecule is CCn1c2ccccc2c2cc(NC(=O)[C@H](C)Oc3cccc(C)c3)ccc21. The topological polar surface area (TPSA) is 43.3 Å². The standard InChI is InChI=1S/C24H24N2O2/c1-4-26-22-11-6-5-10-20(22)21-15-18(12-13-23(21)26)25-24(27)17(3)28-19-9-7-8-16(2)14-19/h5-15,17H,4H2,1-3H3,(H,25,27)/t17-/m0/s1. The van der Waals surface area contributed by atoms with E-state index in [1.807, 2.05) is 49.4 Å². The van der Waals surface area contributed by atoms with E-state index < -0.39 is 6.10 Å². The van der Waals surface area contributed by atoms with E-state index >= 15 is 0 Å². The van der Waals surface area contributed by atoms with Crippen LogP contribution in [0.25, 0.3) is 21.8 Å². The molecule has 0 fully saturated rings. The van der Waals surface area contributed by atoms with Gasteiger partial charge >= 0.3 is 0 Å². The minimum Gasteiger partial charge on any atom is -0.481 e. The Kier molecular flexibility index (Phi) is 4.78. The van der Waals surface area contributed by atoms with E-state index in [0.717, 1.165) is 23.2 Å². The van der Waals surface area contributed by atoms with Gasteiger partial charge in [-0.25, -0.2) is 0 Å². The van der Waals surface area contributed by atoms with Gasteiger partial charge in [0.2, 0.25) is 0 Å². The fraction of sp³-hybridized carbons (Fsp3) is 0.208. The number of hydrogen-bond acceptors (Lipinski definition) is 2. The molecule has 1 N–H and O–H groups in total. The Labute approximate surface area is 164 Å². The van der Waals surface area contributed by atoms with Crippen molar-refractivity contribution in [2.45, 2.75) is 33.4 Å². The summed E-state index contributed by atoms with van der Waals surface area (Å²) in [5, 5.41) is 5.32. The van der Waals surface area contributed by atoms with Gasteiger partial charge < -0.3 is 14.6 Å². The molecule has 0 unspecified atom stereocenters. The van der Waals surface area contributed by atoms with Gasteiger partial charge in [0.15, 0.2) is 6.10 Å². The summed E-state index contributed by atoms with van der Waals surface area (Å²) >= 11 is 0. The minimum atomic E-state index is -0.588. The first-order valence-electron chi connectivity index (χ1n) is 9.62. The Bertz CT molecular complexity index is 1160. The number of nitrogens with zero attached hydrogens (tertiary/aromatic N) is 1. The monoisotopic (exact) mass is 372 g/mol. The molecule has 4 heteroatoms. The van der Waals surface area contributed by atoms with Crippen LogP contribution in [-0.2, 0) is 11.3 Å². The Hall–Kier alpha value is -3.27. The molecule has 1 aromatic heterocycles. The van der Waals surface area contributed by atoms with Crippen LogP contribution in [0.3, 0.4) is 0 Å². The zero-order valence-electron chi connectivity index (χ0n) is 16.4. The molecule has 0 spiro atoms. The maximum absolute atomic E-state index is 12.6. The summed E-state index contributed by atoms with van der Waals surface area (Å²) in [5.74, 6) is 0.532. The summed E-state index contributed by atoms with van der Waals surface area (Å²) in [6.07, 6.45) is -0.588. The van der Waals surface area contributed by atoms with Crippen molar-refractivity contribution in [3.63, 3.8) is 0 Å². The molecule has 4 nitrogen and oxygen atoms in total. The molecule has 0 saturated heterocycles. The van der Waals surface area contributed by atoms with Gasteiger partial charge in [0.25, 0.3) is 5.91 Å². The van der Waals surface area contributed by atoms with Crippen molar-refractivity contribution in [3.05, 3.63) is 72.3 Å². The van der Waals surface area contributed by atoms with Gasteiger partial charge in [0.1, 0.15) is 5.75 Å². The van der Waals surface area contributed by atoms with Crippen molar-refractivity contribution < 1.29 is 9.53 Å². The number of anilines is 1. The largest absolute Gasteiger partial charge is 0.481 e. The van der Waals surface area contributed by atoms with E-state index in [0.29, 0.717) is 5.75 Å². The molecule has 4 rings (SSSR count). The number of rotatable bonds is 5. The predicted molar refractivity (Wildman–Crippen MR) is 115 cm³/mol. The van der Waals surface area contributed by atoms with Gasteiger partial charge in [-0.2, -0.15) is 0 Å². The van der Waals surface area contributed by atoms with Gasteiger partial charge in [-0.1, -0.05) is 30.3 Å². The average molecular weight is 372 g/mol. The zero-order valence-corrected chi connectivity index (χ0v) is 16.4. The zero-order chi connectivity index (χ0) is 19.7. The van der Waals surface area contributed by atoms with E-state index in [2.05, 4.69) is 41.1 Å². The highest BCUT2D eigenvalue weighted by molar-refractivity contribution is 6.10. The highest BCUT2D eigenvalue weighted by Crippen LogP contribution is 2.31. The Morgan fingerprint density at radius 1 is 1.00 bits per heavy atom. The second-order valence-corrected chi connectivity index (χ2v) is 7.06. The lowest BCUT2D eigenvalue weighted by Gasteiger charge is -2.15. The number of benzene rings is 3. The summed E-state index contributed by atoms with van der Waals surface area (Å²) in [7, 11) is 0. The smallest absolute Gasteiger partial charge is 0.265 e. The third-order valence-electron chi connectivity index (χ3n) is 5.03. The Morgan fingerprint density at radius 2 is 1.79 bits per heavy atom. The molecule has 3 aromatic carbocycles. The van der Waals surface area contributed by atoms with Gasteiger partial charge in [0.05, 0.1) is 0 Å². The van der Waals surface area contributed by atoms with Gasteiger partial charge in [-0.05, 0) is 62.7 Å². The molecule has 0 aliphatic heterocycles. The molecular formula is C24H24N2O2. The summed E-state index contributed by atoms with van der Waals surface area (Å²) < 4.78 is 8.08. The summed E-state index contributed by atoms with van der Waals surface area (Å²) in [6.45, 7) is 6.81. The molecule has 0 saturated carbocycles. The van der Waals surface area contributed by atoms with Crippen LogP contribution in [0.2, 0.25) is 0 Å². The molecule has 1 heterocycles. The van der Waals surface area contributed by atoms with Crippen LogP contribution in [0.1, 0.15) is 19.4 Å². The maximum Gasteiger partial charge on any atom is 0.265 e. The van der Waals surface area contributed by atoms with Crippen LogP contribution >= 0.6 is 0 Å². The lowest BCUT2D eigenvalue weighted by Crippen LogP contribution is -2.30. The highest BCUT2D eigenvalue weighted by Gasteiger charge is 2.16. The van der Waals surface area contributed by atoms with Crippen molar-refractivity contribution in [2.24, 2.45) is 0 Å². The van der Waals surface area contributed by atoms with E-state index in [4.69, 9.17) is 4.74 Å². The number of carbonyl (C=O) groups excluding carboxylic acids is 1. The normalized spacial score (nSPS) is 12.2. The lowest BCUT2D eigenvalue weighted by atomic mass is 10.1. The van der Waals surface area contributed by atoms with E-state index in [1.54, 1.807) is 6.92 Å². The molecular weight excluding hydrogens is 348 g/mol. The van der Waals surface area contributed by atoms with Crippen molar-refractivity contribution in [1.82, 2.24) is 4.57 Å². The number of hydrogen-bond donors (Lipinski definition) is 1. The van der Waals surface area contributed by atoms with Crippen molar-refractivity contribution >= 4 is 33.4 Å². The van der Waals surface area contributed by atoms with Crippen molar-refractivity contribution in [3.8, 4) is 5.75 Å². The summed E-state index contributed by atoms with van der Waals surface area (Å²) in [4.78, 5) is 12.6. The van der Waals surface area contributed by atoms with Crippen LogP contribution < -0.4 is 10.1 Å². The van der Waals surface area contributed by atoms with Crippen LogP contribution in [0.15, 0.2) is 66.7 Å². The number of aryl methyl sites for hydroxylation is 2. The molecule has 1 amide bonds. The van der Waals surface area contributed by atoms with Crippen molar-refractivity contribution in [1.29, 1.82) is 0 Å². The van der Waals surface area contributed by atoms with Crippen molar-refractivity contribution in [2.75, 3.05) is 5.32 Å². The minimum absolute atomic E-state index is 0.167. The number of para-hydroxylation sites is 1. The molecule has 1 atom stereocenters. The van der Waals surface area contributed by atoms with Crippen LogP contribution in [0, 0.1) is 6.92 Å². The lowest BCUT2D eigenvalue weighted by molar-refractivity contribution is -0.122. The van der Waals surface area contributed by atoms with E-state index in [1.165, 1.54) is 16.4 Å². The molecule has 142 valence electrons. The van der Waals surface area contributed by atoms with Gasteiger partial charge in [-0.15, -0.1) is 0 Å². The molecule has 0 aliphatic rings. The number of ether oxygens (including phenoxy) is 1. The van der Waals surface area contributed by atoms with Gasteiger partial charge in [0, 0.05) is 34.0 Å². The fourth-order valence-electron chi connectivity index (χ4n) is 3.66. The molecule has 0 radical (unpaired) electrons. The first kappa shape index (κ1) is 18.1. The number of amides is 1. The summed E-state index contributed by atoms with van der Waals surface area (Å²) in [5.41, 5.74) is 4.25.